The number of carbonyl (C=O) groups excluding carboxylic acids is 1. The van der Waals surface area contributed by atoms with E-state index < -0.39 is 10.0 Å². The molecular weight excluding hydrogens is 406 g/mol. The van der Waals surface area contributed by atoms with Crippen molar-refractivity contribution in [3.05, 3.63) is 41.7 Å². The summed E-state index contributed by atoms with van der Waals surface area (Å²) >= 11 is 0. The Balaban J connectivity index is 1.51. The summed E-state index contributed by atoms with van der Waals surface area (Å²) in [5, 5.41) is 2.76. The van der Waals surface area contributed by atoms with Crippen LogP contribution in [0, 0.1) is 6.92 Å². The summed E-state index contributed by atoms with van der Waals surface area (Å²) in [6.07, 6.45) is 2.32. The highest BCUT2D eigenvalue weighted by molar-refractivity contribution is 7.89. The quantitative estimate of drug-likeness (QED) is 0.628. The van der Waals surface area contributed by atoms with Crippen LogP contribution in [0.3, 0.4) is 0 Å². The number of amides is 1. The van der Waals surface area contributed by atoms with Gasteiger partial charge in [0.05, 0.1) is 11.4 Å². The summed E-state index contributed by atoms with van der Waals surface area (Å²) in [6.45, 7) is 4.35. The van der Waals surface area contributed by atoms with E-state index in [0.717, 1.165) is 36.1 Å². The number of aromatic nitrogens is 2. The summed E-state index contributed by atoms with van der Waals surface area (Å²) in [4.78, 5) is 23.4. The fourth-order valence-corrected chi connectivity index (χ4v) is 4.02. The van der Waals surface area contributed by atoms with E-state index in [2.05, 4.69) is 20.2 Å². The van der Waals surface area contributed by atoms with Crippen LogP contribution in [0.15, 0.2) is 35.2 Å². The van der Waals surface area contributed by atoms with Gasteiger partial charge in [-0.15, -0.1) is 0 Å². The molecule has 1 aromatic heterocycles. The van der Waals surface area contributed by atoms with Crippen molar-refractivity contribution < 1.29 is 17.9 Å². The van der Waals surface area contributed by atoms with E-state index in [1.807, 2.05) is 13.0 Å². The van der Waals surface area contributed by atoms with Crippen LogP contribution in [0.2, 0.25) is 0 Å². The number of nitrogens with zero attached hydrogens (tertiary/aromatic N) is 4. The highest BCUT2D eigenvalue weighted by Gasteiger charge is 2.18. The Hall–Kier alpha value is -2.72. The molecular formula is C20H27N5O4S. The summed E-state index contributed by atoms with van der Waals surface area (Å²) in [7, 11) is -0.595. The van der Waals surface area contributed by atoms with Crippen LogP contribution in [-0.4, -0.2) is 68.9 Å². The standard InChI is InChI=1S/C20H27N5O4S/c1-15-22-18(25-11-4-5-12-25)14-19(23-15)29-13-10-21-20(26)16-6-8-17(9-7-16)30(27,28)24(2)3/h6-9,14H,4-5,10-13H2,1-3H3,(H,21,26). The number of hydrogen-bond donors (Lipinski definition) is 1. The normalized spacial score (nSPS) is 14.2. The van der Waals surface area contributed by atoms with Crippen molar-refractivity contribution in [2.75, 3.05) is 45.2 Å². The molecule has 3 rings (SSSR count). The number of anilines is 1. The summed E-state index contributed by atoms with van der Waals surface area (Å²) in [5.41, 5.74) is 0.377. The molecule has 0 unspecified atom stereocenters. The molecule has 0 spiro atoms. The summed E-state index contributed by atoms with van der Waals surface area (Å²) in [5.74, 6) is 1.69. The van der Waals surface area contributed by atoms with Crippen LogP contribution in [-0.2, 0) is 10.0 Å². The average molecular weight is 434 g/mol. The minimum Gasteiger partial charge on any atom is -0.476 e. The van der Waals surface area contributed by atoms with Crippen molar-refractivity contribution >= 4 is 21.7 Å². The highest BCUT2D eigenvalue weighted by atomic mass is 32.2. The van der Waals surface area contributed by atoms with Gasteiger partial charge in [-0.05, 0) is 44.0 Å². The largest absolute Gasteiger partial charge is 0.476 e. The molecule has 2 aromatic rings. The number of aryl methyl sites for hydroxylation is 1. The van der Waals surface area contributed by atoms with Crippen LogP contribution >= 0.6 is 0 Å². The van der Waals surface area contributed by atoms with Gasteiger partial charge in [-0.3, -0.25) is 4.79 Å². The molecule has 1 fully saturated rings. The van der Waals surface area contributed by atoms with Crippen molar-refractivity contribution in [3.63, 3.8) is 0 Å². The molecule has 1 N–H and O–H groups in total. The Morgan fingerprint density at radius 2 is 1.83 bits per heavy atom. The van der Waals surface area contributed by atoms with E-state index in [1.54, 1.807) is 0 Å². The first kappa shape index (κ1) is 22.0. The lowest BCUT2D eigenvalue weighted by atomic mass is 10.2. The number of sulfonamides is 1. The summed E-state index contributed by atoms with van der Waals surface area (Å²) in [6, 6.07) is 7.64. The maximum Gasteiger partial charge on any atom is 0.251 e. The van der Waals surface area contributed by atoms with E-state index in [0.29, 0.717) is 23.8 Å². The maximum absolute atomic E-state index is 12.3. The third kappa shape index (κ3) is 5.25. The van der Waals surface area contributed by atoms with Gasteiger partial charge in [0, 0.05) is 38.8 Å². The third-order valence-electron chi connectivity index (χ3n) is 4.76. The van der Waals surface area contributed by atoms with Crippen molar-refractivity contribution in [3.8, 4) is 5.88 Å². The SMILES string of the molecule is Cc1nc(OCCNC(=O)c2ccc(S(=O)(=O)N(C)C)cc2)cc(N2CCCC2)n1. The molecule has 162 valence electrons. The van der Waals surface area contributed by atoms with E-state index in [9.17, 15) is 13.2 Å². The van der Waals surface area contributed by atoms with Crippen LogP contribution < -0.4 is 15.0 Å². The Morgan fingerprint density at radius 1 is 1.17 bits per heavy atom. The van der Waals surface area contributed by atoms with Gasteiger partial charge < -0.3 is 15.0 Å². The average Bonchev–Trinajstić information content (AvgIpc) is 3.25. The third-order valence-corrected chi connectivity index (χ3v) is 6.59. The van der Waals surface area contributed by atoms with Crippen LogP contribution in [0.25, 0.3) is 0 Å². The van der Waals surface area contributed by atoms with Gasteiger partial charge in [-0.1, -0.05) is 0 Å². The molecule has 1 aliphatic heterocycles. The Kier molecular flexibility index (Phi) is 6.88. The molecule has 1 amide bonds. The Morgan fingerprint density at radius 3 is 2.47 bits per heavy atom. The van der Waals surface area contributed by atoms with Gasteiger partial charge in [0.1, 0.15) is 18.2 Å². The van der Waals surface area contributed by atoms with Gasteiger partial charge in [0.2, 0.25) is 15.9 Å². The minimum absolute atomic E-state index is 0.139. The zero-order valence-electron chi connectivity index (χ0n) is 17.5. The molecule has 10 heteroatoms. The molecule has 0 saturated carbocycles. The smallest absolute Gasteiger partial charge is 0.251 e. The van der Waals surface area contributed by atoms with Gasteiger partial charge in [0.25, 0.3) is 5.91 Å². The zero-order valence-corrected chi connectivity index (χ0v) is 18.3. The molecule has 0 atom stereocenters. The van der Waals surface area contributed by atoms with E-state index in [4.69, 9.17) is 4.74 Å². The van der Waals surface area contributed by atoms with Crippen LogP contribution in [0.4, 0.5) is 5.82 Å². The molecule has 30 heavy (non-hydrogen) atoms. The lowest BCUT2D eigenvalue weighted by molar-refractivity contribution is 0.0946. The number of ether oxygens (including phenoxy) is 1. The second-order valence-corrected chi connectivity index (χ2v) is 9.37. The van der Waals surface area contributed by atoms with Crippen molar-refractivity contribution in [1.82, 2.24) is 19.6 Å². The maximum atomic E-state index is 12.3. The predicted molar refractivity (Wildman–Crippen MR) is 113 cm³/mol. The highest BCUT2D eigenvalue weighted by Crippen LogP contribution is 2.21. The van der Waals surface area contributed by atoms with E-state index in [1.165, 1.54) is 38.4 Å². The minimum atomic E-state index is -3.52. The number of benzene rings is 1. The Bertz CT molecular complexity index is 987. The van der Waals surface area contributed by atoms with Gasteiger partial charge in [-0.2, -0.15) is 4.98 Å². The first-order chi connectivity index (χ1) is 14.3. The van der Waals surface area contributed by atoms with Crippen LogP contribution in [0.1, 0.15) is 29.0 Å². The second kappa shape index (κ2) is 9.40. The monoisotopic (exact) mass is 433 g/mol. The van der Waals surface area contributed by atoms with Crippen LogP contribution in [0.5, 0.6) is 5.88 Å². The number of rotatable bonds is 8. The first-order valence-corrected chi connectivity index (χ1v) is 11.3. The first-order valence-electron chi connectivity index (χ1n) is 9.81. The molecule has 1 aromatic carbocycles. The lowest BCUT2D eigenvalue weighted by Crippen LogP contribution is -2.28. The Labute approximate surface area is 177 Å². The zero-order chi connectivity index (χ0) is 21.7. The molecule has 2 heterocycles. The fraction of sp³-hybridized carbons (Fsp3) is 0.450. The predicted octanol–water partition coefficient (Wildman–Crippen LogP) is 1.44. The van der Waals surface area contributed by atoms with Gasteiger partial charge in [-0.25, -0.2) is 17.7 Å². The number of nitrogens with one attached hydrogen (secondary N) is 1. The molecule has 9 nitrogen and oxygen atoms in total. The van der Waals surface area contributed by atoms with Gasteiger partial charge >= 0.3 is 0 Å². The molecule has 0 bridgehead atoms. The fourth-order valence-electron chi connectivity index (χ4n) is 3.12. The molecule has 1 saturated heterocycles. The molecule has 0 aliphatic carbocycles. The number of carbonyl (C=O) groups is 1. The number of hydrogen-bond acceptors (Lipinski definition) is 7. The van der Waals surface area contributed by atoms with E-state index >= 15 is 0 Å². The topological polar surface area (TPSA) is 105 Å². The van der Waals surface area contributed by atoms with Gasteiger partial charge in [0.15, 0.2) is 0 Å². The summed E-state index contributed by atoms with van der Waals surface area (Å²) < 4.78 is 31.0. The second-order valence-electron chi connectivity index (χ2n) is 7.22. The van der Waals surface area contributed by atoms with Crippen molar-refractivity contribution in [1.29, 1.82) is 0 Å². The lowest BCUT2D eigenvalue weighted by Gasteiger charge is -2.17. The van der Waals surface area contributed by atoms with Crippen molar-refractivity contribution in [2.24, 2.45) is 0 Å². The molecule has 1 aliphatic rings. The van der Waals surface area contributed by atoms with E-state index in [-0.39, 0.29) is 17.4 Å². The van der Waals surface area contributed by atoms with Crippen molar-refractivity contribution in [2.45, 2.75) is 24.7 Å². The molecule has 0 radical (unpaired) electrons.